The zero-order chi connectivity index (χ0) is 17.2. The van der Waals surface area contributed by atoms with Crippen LogP contribution in [0.2, 0.25) is 0 Å². The molecule has 4 nitrogen and oxygen atoms in total. The highest BCUT2D eigenvalue weighted by Gasteiger charge is 2.21. The molecule has 0 fully saturated rings. The van der Waals surface area contributed by atoms with E-state index in [4.69, 9.17) is 0 Å². The summed E-state index contributed by atoms with van der Waals surface area (Å²) >= 11 is 0. The standard InChI is InChI=1S/C15H14F3NO3S/c1-9-7-10(5-6-11(9)16)23(21,22)19-8-14(20)15-12(17)3-2-4-13(15)18/h2-7,14,19-20H,8H2,1H3. The van der Waals surface area contributed by atoms with E-state index in [9.17, 15) is 26.7 Å². The highest BCUT2D eigenvalue weighted by Crippen LogP contribution is 2.21. The van der Waals surface area contributed by atoms with Crippen LogP contribution < -0.4 is 4.72 Å². The van der Waals surface area contributed by atoms with E-state index in [1.54, 1.807) is 0 Å². The molecule has 8 heteroatoms. The lowest BCUT2D eigenvalue weighted by Crippen LogP contribution is -2.29. The fraction of sp³-hybridized carbons (Fsp3) is 0.200. The fourth-order valence-electron chi connectivity index (χ4n) is 1.99. The molecule has 0 aromatic heterocycles. The van der Waals surface area contributed by atoms with Crippen molar-refractivity contribution in [1.29, 1.82) is 0 Å². The van der Waals surface area contributed by atoms with Gasteiger partial charge in [-0.2, -0.15) is 0 Å². The van der Waals surface area contributed by atoms with Gasteiger partial charge in [-0.15, -0.1) is 0 Å². The second-order valence-corrected chi connectivity index (χ2v) is 6.68. The Kier molecular flexibility index (Phi) is 5.08. The maximum atomic E-state index is 13.5. The molecule has 1 unspecified atom stereocenters. The van der Waals surface area contributed by atoms with Gasteiger partial charge in [0.1, 0.15) is 17.5 Å². The first-order valence-corrected chi connectivity index (χ1v) is 8.08. The minimum absolute atomic E-state index is 0.133. The summed E-state index contributed by atoms with van der Waals surface area (Å²) in [6.07, 6.45) is -1.70. The van der Waals surface area contributed by atoms with Gasteiger partial charge in [-0.05, 0) is 42.8 Å². The quantitative estimate of drug-likeness (QED) is 0.875. The van der Waals surface area contributed by atoms with Crippen molar-refractivity contribution in [3.63, 3.8) is 0 Å². The van der Waals surface area contributed by atoms with Gasteiger partial charge in [-0.1, -0.05) is 6.07 Å². The first-order valence-electron chi connectivity index (χ1n) is 6.60. The van der Waals surface area contributed by atoms with Gasteiger partial charge in [0.2, 0.25) is 10.0 Å². The molecule has 0 aliphatic rings. The molecule has 2 rings (SSSR count). The van der Waals surface area contributed by atoms with E-state index in [0.29, 0.717) is 0 Å². The van der Waals surface area contributed by atoms with Crippen LogP contribution in [0, 0.1) is 24.4 Å². The van der Waals surface area contributed by atoms with Crippen molar-refractivity contribution in [3.8, 4) is 0 Å². The smallest absolute Gasteiger partial charge is 0.240 e. The zero-order valence-corrected chi connectivity index (χ0v) is 12.9. The second kappa shape index (κ2) is 6.69. The van der Waals surface area contributed by atoms with Crippen molar-refractivity contribution in [2.24, 2.45) is 0 Å². The van der Waals surface area contributed by atoms with Crippen molar-refractivity contribution < 1.29 is 26.7 Å². The average molecular weight is 345 g/mol. The second-order valence-electron chi connectivity index (χ2n) is 4.91. The van der Waals surface area contributed by atoms with Gasteiger partial charge < -0.3 is 5.11 Å². The molecule has 0 bridgehead atoms. The molecule has 124 valence electrons. The van der Waals surface area contributed by atoms with Crippen LogP contribution in [0.1, 0.15) is 17.2 Å². The number of hydrogen-bond acceptors (Lipinski definition) is 3. The van der Waals surface area contributed by atoms with E-state index < -0.39 is 45.7 Å². The number of aliphatic hydroxyl groups is 1. The maximum absolute atomic E-state index is 13.5. The summed E-state index contributed by atoms with van der Waals surface area (Å²) in [6, 6.07) is 6.22. The summed E-state index contributed by atoms with van der Waals surface area (Å²) in [4.78, 5) is -0.211. The largest absolute Gasteiger partial charge is 0.387 e. The lowest BCUT2D eigenvalue weighted by atomic mass is 10.1. The molecule has 0 amide bonds. The van der Waals surface area contributed by atoms with E-state index in [1.165, 1.54) is 6.92 Å². The predicted molar refractivity (Wildman–Crippen MR) is 77.6 cm³/mol. The van der Waals surface area contributed by atoms with Gasteiger partial charge in [0.15, 0.2) is 0 Å². The Morgan fingerprint density at radius 1 is 1.09 bits per heavy atom. The topological polar surface area (TPSA) is 66.4 Å². The van der Waals surface area contributed by atoms with Gasteiger partial charge in [0, 0.05) is 6.54 Å². The van der Waals surface area contributed by atoms with Gasteiger partial charge in [0.25, 0.3) is 0 Å². The minimum atomic E-state index is -4.05. The highest BCUT2D eigenvalue weighted by molar-refractivity contribution is 7.89. The number of sulfonamides is 1. The number of halogens is 3. The summed E-state index contributed by atoms with van der Waals surface area (Å²) < 4.78 is 66.4. The van der Waals surface area contributed by atoms with E-state index in [2.05, 4.69) is 0 Å². The third-order valence-corrected chi connectivity index (χ3v) is 4.66. The zero-order valence-electron chi connectivity index (χ0n) is 12.1. The molecular weight excluding hydrogens is 331 g/mol. The van der Waals surface area contributed by atoms with E-state index in [1.807, 2.05) is 4.72 Å². The third-order valence-electron chi connectivity index (χ3n) is 3.24. The van der Waals surface area contributed by atoms with Crippen LogP contribution in [0.5, 0.6) is 0 Å². The highest BCUT2D eigenvalue weighted by atomic mass is 32.2. The van der Waals surface area contributed by atoms with E-state index >= 15 is 0 Å². The Balaban J connectivity index is 2.17. The molecule has 0 heterocycles. The molecule has 2 N–H and O–H groups in total. The molecule has 23 heavy (non-hydrogen) atoms. The van der Waals surface area contributed by atoms with Crippen LogP contribution in [0.15, 0.2) is 41.3 Å². The first kappa shape index (κ1) is 17.5. The lowest BCUT2D eigenvalue weighted by molar-refractivity contribution is 0.172. The number of aliphatic hydroxyl groups excluding tert-OH is 1. The fourth-order valence-corrected chi connectivity index (χ4v) is 3.11. The molecule has 0 saturated heterocycles. The van der Waals surface area contributed by atoms with E-state index in [-0.39, 0.29) is 10.5 Å². The molecule has 0 saturated carbocycles. The molecule has 0 aliphatic carbocycles. The molecule has 0 aliphatic heterocycles. The van der Waals surface area contributed by atoms with Gasteiger partial charge >= 0.3 is 0 Å². The summed E-state index contributed by atoms with van der Waals surface area (Å²) in [5.74, 6) is -2.51. The summed E-state index contributed by atoms with van der Waals surface area (Å²) in [6.45, 7) is 0.772. The number of aryl methyl sites for hydroxylation is 1. The monoisotopic (exact) mass is 345 g/mol. The Morgan fingerprint density at radius 2 is 1.70 bits per heavy atom. The summed E-state index contributed by atoms with van der Waals surface area (Å²) in [7, 11) is -4.05. The molecule has 1 atom stereocenters. The van der Waals surface area contributed by atoms with Gasteiger partial charge in [0.05, 0.1) is 16.6 Å². The van der Waals surface area contributed by atoms with Crippen molar-refractivity contribution in [2.75, 3.05) is 6.54 Å². The normalized spacial score (nSPS) is 13.1. The van der Waals surface area contributed by atoms with Gasteiger partial charge in [-0.25, -0.2) is 26.3 Å². The van der Waals surface area contributed by atoms with Crippen LogP contribution in [-0.4, -0.2) is 20.1 Å². The van der Waals surface area contributed by atoms with E-state index in [0.717, 1.165) is 36.4 Å². The Morgan fingerprint density at radius 3 is 2.26 bits per heavy atom. The van der Waals surface area contributed by atoms with Crippen LogP contribution in [0.4, 0.5) is 13.2 Å². The minimum Gasteiger partial charge on any atom is -0.387 e. The van der Waals surface area contributed by atoms with Crippen LogP contribution >= 0.6 is 0 Å². The van der Waals surface area contributed by atoms with Gasteiger partial charge in [-0.3, -0.25) is 0 Å². The lowest BCUT2D eigenvalue weighted by Gasteiger charge is -2.14. The number of benzene rings is 2. The Hall–Kier alpha value is -1.90. The first-order chi connectivity index (χ1) is 10.7. The summed E-state index contributed by atoms with van der Waals surface area (Å²) in [5.41, 5.74) is -0.487. The van der Waals surface area contributed by atoms with Crippen LogP contribution in [0.25, 0.3) is 0 Å². The van der Waals surface area contributed by atoms with Crippen molar-refractivity contribution in [1.82, 2.24) is 4.72 Å². The Bertz CT molecular complexity index is 804. The molecule has 2 aromatic rings. The predicted octanol–water partition coefficient (Wildman–Crippen LogP) is 2.42. The SMILES string of the molecule is Cc1cc(S(=O)(=O)NCC(O)c2c(F)cccc2F)ccc1F. The molecule has 0 radical (unpaired) electrons. The number of hydrogen-bond donors (Lipinski definition) is 2. The number of nitrogens with one attached hydrogen (secondary N) is 1. The average Bonchev–Trinajstić information content (AvgIpc) is 2.48. The molecule has 2 aromatic carbocycles. The third kappa shape index (κ3) is 3.90. The van der Waals surface area contributed by atoms with Crippen LogP contribution in [-0.2, 0) is 10.0 Å². The van der Waals surface area contributed by atoms with Crippen molar-refractivity contribution in [3.05, 3.63) is 65.0 Å². The number of rotatable bonds is 5. The Labute approximate surface area is 131 Å². The maximum Gasteiger partial charge on any atom is 0.240 e. The molecular formula is C15H14F3NO3S. The molecule has 0 spiro atoms. The van der Waals surface area contributed by atoms with Crippen LogP contribution in [0.3, 0.4) is 0 Å². The van der Waals surface area contributed by atoms with Crippen molar-refractivity contribution in [2.45, 2.75) is 17.9 Å². The van der Waals surface area contributed by atoms with Crippen molar-refractivity contribution >= 4 is 10.0 Å². The summed E-state index contributed by atoms with van der Waals surface area (Å²) in [5, 5.41) is 9.82.